The molecule has 31 heavy (non-hydrogen) atoms. The van der Waals surface area contributed by atoms with E-state index in [2.05, 4.69) is 20.2 Å². The molecule has 0 saturated carbocycles. The summed E-state index contributed by atoms with van der Waals surface area (Å²) in [6.07, 6.45) is 0. The zero-order valence-corrected chi connectivity index (χ0v) is 18.3. The number of amides is 2. The second-order valence-corrected chi connectivity index (χ2v) is 7.82. The minimum atomic E-state index is -0.157. The molecular formula is C23H24ClN5O2. The predicted octanol–water partition coefficient (Wildman–Crippen LogP) is 4.89. The van der Waals surface area contributed by atoms with Gasteiger partial charge in [-0.3, -0.25) is 0 Å². The number of halogens is 1. The zero-order chi connectivity index (χ0) is 21.8. The van der Waals surface area contributed by atoms with E-state index < -0.39 is 0 Å². The van der Waals surface area contributed by atoms with Crippen LogP contribution in [0.25, 0.3) is 0 Å². The summed E-state index contributed by atoms with van der Waals surface area (Å²) in [7, 11) is 0. The van der Waals surface area contributed by atoms with E-state index in [0.717, 1.165) is 11.6 Å². The van der Waals surface area contributed by atoms with E-state index in [0.29, 0.717) is 48.6 Å². The lowest BCUT2D eigenvalue weighted by molar-refractivity contribution is 0.208. The maximum Gasteiger partial charge on any atom is 0.322 e. The van der Waals surface area contributed by atoms with Crippen LogP contribution in [0.3, 0.4) is 0 Å². The molecule has 0 spiro atoms. The maximum absolute atomic E-state index is 12.6. The molecule has 8 heteroatoms. The number of carbonyl (C=O) groups excluding carboxylic acids is 1. The van der Waals surface area contributed by atoms with Crippen LogP contribution in [0.4, 0.5) is 16.3 Å². The third-order valence-electron chi connectivity index (χ3n) is 5.05. The average molecular weight is 438 g/mol. The molecule has 0 unspecified atom stereocenters. The quantitative estimate of drug-likeness (QED) is 0.629. The van der Waals surface area contributed by atoms with Gasteiger partial charge in [0, 0.05) is 32.2 Å². The number of aryl methyl sites for hydroxylation is 2. The fourth-order valence-electron chi connectivity index (χ4n) is 3.36. The van der Waals surface area contributed by atoms with E-state index in [-0.39, 0.29) is 6.03 Å². The number of nitrogens with one attached hydrogen (secondary N) is 1. The van der Waals surface area contributed by atoms with Gasteiger partial charge in [0.2, 0.25) is 5.88 Å². The summed E-state index contributed by atoms with van der Waals surface area (Å²) in [5.74, 6) is 2.67. The highest BCUT2D eigenvalue weighted by molar-refractivity contribution is 6.33. The van der Waals surface area contributed by atoms with Crippen LogP contribution in [0.5, 0.6) is 11.6 Å². The van der Waals surface area contributed by atoms with Gasteiger partial charge >= 0.3 is 6.03 Å². The number of anilines is 2. The van der Waals surface area contributed by atoms with Crippen molar-refractivity contribution in [2.24, 2.45) is 0 Å². The third-order valence-corrected chi connectivity index (χ3v) is 5.38. The molecular weight excluding hydrogens is 414 g/mol. The lowest BCUT2D eigenvalue weighted by Crippen LogP contribution is -2.50. The number of carbonyl (C=O) groups is 1. The Morgan fingerprint density at radius 3 is 2.42 bits per heavy atom. The smallest absolute Gasteiger partial charge is 0.322 e. The molecule has 0 atom stereocenters. The maximum atomic E-state index is 12.6. The number of rotatable bonds is 4. The Morgan fingerprint density at radius 1 is 1.00 bits per heavy atom. The first-order valence-electron chi connectivity index (χ1n) is 10.1. The number of benzene rings is 2. The second-order valence-electron chi connectivity index (χ2n) is 7.41. The van der Waals surface area contributed by atoms with E-state index in [1.165, 1.54) is 5.56 Å². The molecule has 2 heterocycles. The molecule has 1 aliphatic heterocycles. The predicted molar refractivity (Wildman–Crippen MR) is 122 cm³/mol. The van der Waals surface area contributed by atoms with Gasteiger partial charge in [-0.2, -0.15) is 4.98 Å². The van der Waals surface area contributed by atoms with Gasteiger partial charge < -0.3 is 19.9 Å². The highest BCUT2D eigenvalue weighted by Gasteiger charge is 2.23. The standard InChI is InChI=1S/C23H24ClN5O2/c1-16-7-9-18(10-8-16)31-22-15-21(25-17(2)26-22)28-11-13-29(14-12-28)23(30)27-20-6-4-3-5-19(20)24/h3-10,15H,11-14H2,1-2H3,(H,27,30). The lowest BCUT2D eigenvalue weighted by atomic mass is 10.2. The molecule has 1 fully saturated rings. The van der Waals surface area contributed by atoms with Gasteiger partial charge in [0.1, 0.15) is 17.4 Å². The van der Waals surface area contributed by atoms with Crippen LogP contribution in [-0.2, 0) is 0 Å². The molecule has 4 rings (SSSR count). The van der Waals surface area contributed by atoms with Crippen LogP contribution < -0.4 is 15.0 Å². The van der Waals surface area contributed by atoms with Gasteiger partial charge in [-0.25, -0.2) is 9.78 Å². The van der Waals surface area contributed by atoms with Gasteiger partial charge in [-0.15, -0.1) is 0 Å². The number of aromatic nitrogens is 2. The molecule has 160 valence electrons. The van der Waals surface area contributed by atoms with Crippen molar-refractivity contribution >= 4 is 29.1 Å². The topological polar surface area (TPSA) is 70.6 Å². The van der Waals surface area contributed by atoms with Gasteiger partial charge in [0.25, 0.3) is 0 Å². The Hall–Kier alpha value is -3.32. The Morgan fingerprint density at radius 2 is 1.71 bits per heavy atom. The minimum Gasteiger partial charge on any atom is -0.439 e. The summed E-state index contributed by atoms with van der Waals surface area (Å²) in [5, 5.41) is 3.40. The average Bonchev–Trinajstić information content (AvgIpc) is 2.77. The van der Waals surface area contributed by atoms with Gasteiger partial charge in [-0.1, -0.05) is 41.4 Å². The van der Waals surface area contributed by atoms with E-state index in [9.17, 15) is 4.79 Å². The van der Waals surface area contributed by atoms with Crippen molar-refractivity contribution in [3.63, 3.8) is 0 Å². The monoisotopic (exact) mass is 437 g/mol. The van der Waals surface area contributed by atoms with Crippen molar-refractivity contribution in [1.29, 1.82) is 0 Å². The highest BCUT2D eigenvalue weighted by atomic mass is 35.5. The summed E-state index contributed by atoms with van der Waals surface area (Å²) < 4.78 is 5.92. The van der Waals surface area contributed by atoms with Crippen molar-refractivity contribution < 1.29 is 9.53 Å². The van der Waals surface area contributed by atoms with Crippen LogP contribution in [0.2, 0.25) is 5.02 Å². The Bertz CT molecular complexity index is 1070. The van der Waals surface area contributed by atoms with Crippen LogP contribution in [0, 0.1) is 13.8 Å². The van der Waals surface area contributed by atoms with Crippen molar-refractivity contribution in [3.8, 4) is 11.6 Å². The largest absolute Gasteiger partial charge is 0.439 e. The first-order chi connectivity index (χ1) is 15.0. The fraction of sp³-hybridized carbons (Fsp3) is 0.261. The first kappa shape index (κ1) is 20.9. The highest BCUT2D eigenvalue weighted by Crippen LogP contribution is 2.25. The molecule has 1 aromatic heterocycles. The van der Waals surface area contributed by atoms with E-state index in [4.69, 9.17) is 16.3 Å². The normalized spacial score (nSPS) is 13.8. The number of ether oxygens (including phenoxy) is 1. The Kier molecular flexibility index (Phi) is 6.23. The zero-order valence-electron chi connectivity index (χ0n) is 17.5. The van der Waals surface area contributed by atoms with Crippen molar-refractivity contribution in [2.45, 2.75) is 13.8 Å². The molecule has 0 bridgehead atoms. The molecule has 0 aliphatic carbocycles. The van der Waals surface area contributed by atoms with E-state index >= 15 is 0 Å². The van der Waals surface area contributed by atoms with Gasteiger partial charge in [0.05, 0.1) is 10.7 Å². The van der Waals surface area contributed by atoms with Crippen molar-refractivity contribution in [2.75, 3.05) is 36.4 Å². The number of para-hydroxylation sites is 1. The van der Waals surface area contributed by atoms with Gasteiger partial charge in [0.15, 0.2) is 0 Å². The minimum absolute atomic E-state index is 0.157. The Balaban J connectivity index is 1.39. The molecule has 7 nitrogen and oxygen atoms in total. The molecule has 0 radical (unpaired) electrons. The molecule has 2 amide bonds. The van der Waals surface area contributed by atoms with Crippen LogP contribution in [-0.4, -0.2) is 47.1 Å². The molecule has 2 aromatic carbocycles. The van der Waals surface area contributed by atoms with E-state index in [1.54, 1.807) is 17.0 Å². The number of piperazine rings is 1. The number of hydrogen-bond acceptors (Lipinski definition) is 5. The van der Waals surface area contributed by atoms with Gasteiger partial charge in [-0.05, 0) is 38.1 Å². The molecule has 1 N–H and O–H groups in total. The molecule has 1 aliphatic rings. The van der Waals surface area contributed by atoms with Crippen LogP contribution >= 0.6 is 11.6 Å². The first-order valence-corrected chi connectivity index (χ1v) is 10.5. The number of nitrogens with zero attached hydrogens (tertiary/aromatic N) is 4. The van der Waals surface area contributed by atoms with Crippen molar-refractivity contribution in [1.82, 2.24) is 14.9 Å². The van der Waals surface area contributed by atoms with Crippen LogP contribution in [0.15, 0.2) is 54.6 Å². The third kappa shape index (κ3) is 5.24. The summed E-state index contributed by atoms with van der Waals surface area (Å²) in [5.41, 5.74) is 1.78. The molecule has 1 saturated heterocycles. The van der Waals surface area contributed by atoms with Crippen LogP contribution in [0.1, 0.15) is 11.4 Å². The van der Waals surface area contributed by atoms with Crippen molar-refractivity contribution in [3.05, 3.63) is 71.0 Å². The second kappa shape index (κ2) is 9.22. The SMILES string of the molecule is Cc1ccc(Oc2cc(N3CCN(C(=O)Nc4ccccc4Cl)CC3)nc(C)n2)cc1. The van der Waals surface area contributed by atoms with E-state index in [1.807, 2.05) is 56.3 Å². The summed E-state index contributed by atoms with van der Waals surface area (Å²) >= 11 is 6.14. The fourth-order valence-corrected chi connectivity index (χ4v) is 3.55. The number of urea groups is 1. The summed E-state index contributed by atoms with van der Waals surface area (Å²) in [4.78, 5) is 25.5. The summed E-state index contributed by atoms with van der Waals surface area (Å²) in [6.45, 7) is 6.36. The Labute approximate surface area is 186 Å². The lowest BCUT2D eigenvalue weighted by Gasteiger charge is -2.35. The number of hydrogen-bond donors (Lipinski definition) is 1. The molecule has 3 aromatic rings. The summed E-state index contributed by atoms with van der Waals surface area (Å²) in [6, 6.07) is 16.7.